The Bertz CT molecular complexity index is 1020. The van der Waals surface area contributed by atoms with E-state index in [0.29, 0.717) is 5.82 Å². The number of aromatic nitrogens is 1. The minimum Gasteiger partial charge on any atom is -0.481 e. The van der Waals surface area contributed by atoms with Crippen molar-refractivity contribution in [2.75, 3.05) is 24.1 Å². The average molecular weight is 433 g/mol. The second-order valence-corrected chi connectivity index (χ2v) is 8.19. The molecule has 0 aliphatic heterocycles. The zero-order chi connectivity index (χ0) is 22.9. The summed E-state index contributed by atoms with van der Waals surface area (Å²) in [6.45, 7) is 5.79. The van der Waals surface area contributed by atoms with Crippen molar-refractivity contribution in [2.45, 2.75) is 38.6 Å². The quantitative estimate of drug-likeness (QED) is 0.355. The lowest BCUT2D eigenvalue weighted by Crippen LogP contribution is -2.27. The summed E-state index contributed by atoms with van der Waals surface area (Å²) in [5, 5.41) is 16.2. The molecular weight excluding hydrogens is 400 g/mol. The van der Waals surface area contributed by atoms with E-state index in [4.69, 9.17) is 10.8 Å². The van der Waals surface area contributed by atoms with E-state index in [1.807, 2.05) is 36.4 Å². The molecule has 1 aromatic heterocycles. The molecule has 32 heavy (non-hydrogen) atoms. The molecular formula is C26H32N4O2. The monoisotopic (exact) mass is 432 g/mol. The fourth-order valence-electron chi connectivity index (χ4n) is 3.92. The Balaban J connectivity index is 1.66. The van der Waals surface area contributed by atoms with Crippen molar-refractivity contribution < 1.29 is 9.90 Å². The van der Waals surface area contributed by atoms with Crippen molar-refractivity contribution in [1.29, 1.82) is 0 Å². The molecule has 5 N–H and O–H groups in total. The third kappa shape index (κ3) is 6.56. The smallest absolute Gasteiger partial charge is 0.307 e. The van der Waals surface area contributed by atoms with Crippen LogP contribution in [0.15, 0.2) is 66.9 Å². The number of nitrogen functional groups attached to an aromatic ring is 1. The number of nitrogens with two attached hydrogens (primary N) is 1. The molecule has 1 heterocycles. The normalized spacial score (nSPS) is 12.8. The fourth-order valence-corrected chi connectivity index (χ4v) is 3.92. The first-order valence-electron chi connectivity index (χ1n) is 11.0. The van der Waals surface area contributed by atoms with Crippen LogP contribution in [0.25, 0.3) is 0 Å². The van der Waals surface area contributed by atoms with E-state index in [9.17, 15) is 4.79 Å². The first kappa shape index (κ1) is 23.3. The molecule has 0 amide bonds. The Kier molecular flexibility index (Phi) is 8.22. The molecule has 0 spiro atoms. The van der Waals surface area contributed by atoms with Crippen LogP contribution in [0, 0.1) is 6.92 Å². The van der Waals surface area contributed by atoms with E-state index < -0.39 is 5.97 Å². The van der Waals surface area contributed by atoms with Gasteiger partial charge in [-0.3, -0.25) is 4.79 Å². The van der Waals surface area contributed by atoms with Gasteiger partial charge >= 0.3 is 5.97 Å². The van der Waals surface area contributed by atoms with Crippen molar-refractivity contribution in [3.63, 3.8) is 0 Å². The average Bonchev–Trinajstić information content (AvgIpc) is 2.78. The first-order valence-corrected chi connectivity index (χ1v) is 11.0. The van der Waals surface area contributed by atoms with Gasteiger partial charge in [0, 0.05) is 25.3 Å². The van der Waals surface area contributed by atoms with E-state index in [-0.39, 0.29) is 18.4 Å². The van der Waals surface area contributed by atoms with Crippen LogP contribution < -0.4 is 16.4 Å². The number of nitrogens with one attached hydrogen (secondary N) is 2. The lowest BCUT2D eigenvalue weighted by molar-refractivity contribution is -0.136. The van der Waals surface area contributed by atoms with E-state index in [0.717, 1.165) is 30.8 Å². The number of pyridine rings is 1. The topological polar surface area (TPSA) is 100 Å². The van der Waals surface area contributed by atoms with Gasteiger partial charge in [0.05, 0.1) is 12.1 Å². The molecule has 0 aliphatic rings. The molecule has 0 saturated carbocycles. The van der Waals surface area contributed by atoms with Crippen LogP contribution in [-0.4, -0.2) is 29.1 Å². The third-order valence-corrected chi connectivity index (χ3v) is 5.69. The highest BCUT2D eigenvalue weighted by Gasteiger charge is 2.15. The molecule has 6 nitrogen and oxygen atoms in total. The Morgan fingerprint density at radius 3 is 2.62 bits per heavy atom. The minimum absolute atomic E-state index is 0.0449. The summed E-state index contributed by atoms with van der Waals surface area (Å²) in [4.78, 5) is 15.2. The summed E-state index contributed by atoms with van der Waals surface area (Å²) in [6.07, 6.45) is 2.61. The molecule has 168 valence electrons. The van der Waals surface area contributed by atoms with E-state index in [1.165, 1.54) is 16.7 Å². The van der Waals surface area contributed by atoms with Gasteiger partial charge in [-0.05, 0) is 53.6 Å². The standard InChI is InChI=1S/C26H32N4O2/c1-18-10-11-20(16-25(31)32)15-22(18)19(2)17-30-23(21-7-4-3-5-8-21)12-14-28-24-9-6-13-29-26(24)27/h3-11,13,15,19,23,28,30H,12,14,16-17H2,1-2H3,(H2,27,29)(H,31,32)/t19-,23+/m1/s1. The number of carboxylic acids is 1. The number of carboxylic acid groups (broad SMARTS) is 1. The molecule has 0 unspecified atom stereocenters. The molecule has 0 bridgehead atoms. The Morgan fingerprint density at radius 1 is 1.12 bits per heavy atom. The van der Waals surface area contributed by atoms with Crippen LogP contribution in [0.3, 0.4) is 0 Å². The Hall–Kier alpha value is -3.38. The maximum atomic E-state index is 11.1. The van der Waals surface area contributed by atoms with E-state index in [1.54, 1.807) is 6.20 Å². The predicted molar refractivity (Wildman–Crippen MR) is 130 cm³/mol. The zero-order valence-corrected chi connectivity index (χ0v) is 18.7. The van der Waals surface area contributed by atoms with Crippen molar-refractivity contribution in [1.82, 2.24) is 10.3 Å². The van der Waals surface area contributed by atoms with Gasteiger partial charge in [-0.2, -0.15) is 0 Å². The third-order valence-electron chi connectivity index (χ3n) is 5.69. The molecule has 3 rings (SSSR count). The molecule has 3 aromatic rings. The Morgan fingerprint density at radius 2 is 1.91 bits per heavy atom. The van der Waals surface area contributed by atoms with Crippen molar-refractivity contribution in [2.24, 2.45) is 0 Å². The fraction of sp³-hybridized carbons (Fsp3) is 0.308. The van der Waals surface area contributed by atoms with E-state index >= 15 is 0 Å². The summed E-state index contributed by atoms with van der Waals surface area (Å²) < 4.78 is 0. The summed E-state index contributed by atoms with van der Waals surface area (Å²) in [5.41, 5.74) is 11.2. The number of benzene rings is 2. The van der Waals surface area contributed by atoms with Crippen LogP contribution in [-0.2, 0) is 11.2 Å². The summed E-state index contributed by atoms with van der Waals surface area (Å²) in [6, 6.07) is 20.3. The van der Waals surface area contributed by atoms with Gasteiger partial charge in [0.25, 0.3) is 0 Å². The van der Waals surface area contributed by atoms with Gasteiger partial charge in [-0.15, -0.1) is 0 Å². The summed E-state index contributed by atoms with van der Waals surface area (Å²) in [7, 11) is 0. The highest BCUT2D eigenvalue weighted by molar-refractivity contribution is 5.70. The summed E-state index contributed by atoms with van der Waals surface area (Å²) >= 11 is 0. The molecule has 6 heteroatoms. The predicted octanol–water partition coefficient (Wildman–Crippen LogP) is 4.54. The number of hydrogen-bond donors (Lipinski definition) is 4. The van der Waals surface area contributed by atoms with Gasteiger partial charge in [0.15, 0.2) is 0 Å². The maximum Gasteiger partial charge on any atom is 0.307 e. The lowest BCUT2D eigenvalue weighted by atomic mass is 9.93. The lowest BCUT2D eigenvalue weighted by Gasteiger charge is -2.23. The van der Waals surface area contributed by atoms with Crippen LogP contribution in [0.1, 0.15) is 47.6 Å². The molecule has 0 saturated heterocycles. The molecule has 2 aromatic carbocycles. The number of aliphatic carboxylic acids is 1. The number of anilines is 2. The molecule has 2 atom stereocenters. The first-order chi connectivity index (χ1) is 15.4. The largest absolute Gasteiger partial charge is 0.481 e. The maximum absolute atomic E-state index is 11.1. The van der Waals surface area contributed by atoms with Crippen LogP contribution in [0.2, 0.25) is 0 Å². The second-order valence-electron chi connectivity index (χ2n) is 8.19. The van der Waals surface area contributed by atoms with Gasteiger partial charge in [-0.1, -0.05) is 55.5 Å². The van der Waals surface area contributed by atoms with Gasteiger partial charge in [0.1, 0.15) is 5.82 Å². The number of rotatable bonds is 11. The summed E-state index contributed by atoms with van der Waals surface area (Å²) in [5.74, 6) is -0.0598. The number of carbonyl (C=O) groups is 1. The van der Waals surface area contributed by atoms with Crippen LogP contribution in [0.4, 0.5) is 11.5 Å². The van der Waals surface area contributed by atoms with Crippen LogP contribution >= 0.6 is 0 Å². The Labute approximate surface area is 189 Å². The van der Waals surface area contributed by atoms with Gasteiger partial charge < -0.3 is 21.5 Å². The zero-order valence-electron chi connectivity index (χ0n) is 18.7. The van der Waals surface area contributed by atoms with Gasteiger partial charge in [0.2, 0.25) is 0 Å². The van der Waals surface area contributed by atoms with Crippen molar-refractivity contribution >= 4 is 17.5 Å². The number of nitrogens with zero attached hydrogens (tertiary/aromatic N) is 1. The van der Waals surface area contributed by atoms with Gasteiger partial charge in [-0.25, -0.2) is 4.98 Å². The van der Waals surface area contributed by atoms with Crippen molar-refractivity contribution in [3.05, 3.63) is 89.1 Å². The van der Waals surface area contributed by atoms with Crippen molar-refractivity contribution in [3.8, 4) is 0 Å². The second kappa shape index (κ2) is 11.3. The molecule has 0 aliphatic carbocycles. The number of aryl methyl sites for hydroxylation is 1. The van der Waals surface area contributed by atoms with Crippen LogP contribution in [0.5, 0.6) is 0 Å². The minimum atomic E-state index is -0.809. The molecule has 0 radical (unpaired) electrons. The molecule has 0 fully saturated rings. The SMILES string of the molecule is Cc1ccc(CC(=O)O)cc1[C@H](C)CN[C@@H](CCNc1cccnc1N)c1ccccc1. The highest BCUT2D eigenvalue weighted by Crippen LogP contribution is 2.24. The highest BCUT2D eigenvalue weighted by atomic mass is 16.4. The number of hydrogen-bond acceptors (Lipinski definition) is 5. The van der Waals surface area contributed by atoms with E-state index in [2.05, 4.69) is 53.7 Å².